The Morgan fingerprint density at radius 1 is 1.63 bits per heavy atom. The molecule has 6 nitrogen and oxygen atoms in total. The highest BCUT2D eigenvalue weighted by atomic mass is 16.5. The molecule has 1 atom stereocenters. The molecule has 1 fully saturated rings. The highest BCUT2D eigenvalue weighted by Crippen LogP contribution is 2.22. The van der Waals surface area contributed by atoms with Crippen LogP contribution in [0.5, 0.6) is 5.75 Å². The molecule has 2 rings (SSSR count). The predicted molar refractivity (Wildman–Crippen MR) is 71.7 cm³/mol. The van der Waals surface area contributed by atoms with Crippen molar-refractivity contribution in [2.75, 3.05) is 25.9 Å². The van der Waals surface area contributed by atoms with Crippen LogP contribution in [0.25, 0.3) is 0 Å². The largest absolute Gasteiger partial charge is 0.506 e. The number of anilines is 1. The van der Waals surface area contributed by atoms with Gasteiger partial charge in [-0.15, -0.1) is 0 Å². The SMILES string of the molecule is COC(=O)NC1CCN(Cc2ccc(O)c(N)c2)C1. The van der Waals surface area contributed by atoms with Gasteiger partial charge >= 0.3 is 6.09 Å². The molecule has 1 aliphatic rings. The summed E-state index contributed by atoms with van der Waals surface area (Å²) in [5, 5.41) is 12.2. The van der Waals surface area contributed by atoms with E-state index in [2.05, 4.69) is 15.0 Å². The minimum absolute atomic E-state index is 0.107. The summed E-state index contributed by atoms with van der Waals surface area (Å²) in [6.45, 7) is 2.45. The molecule has 0 aliphatic carbocycles. The van der Waals surface area contributed by atoms with Crippen LogP contribution in [0.4, 0.5) is 10.5 Å². The number of carbonyl (C=O) groups is 1. The third-order valence-corrected chi connectivity index (χ3v) is 3.28. The molecule has 0 spiro atoms. The van der Waals surface area contributed by atoms with Gasteiger partial charge in [0.25, 0.3) is 0 Å². The maximum absolute atomic E-state index is 11.1. The smallest absolute Gasteiger partial charge is 0.407 e. The second kappa shape index (κ2) is 5.79. The van der Waals surface area contributed by atoms with E-state index < -0.39 is 0 Å². The number of methoxy groups -OCH3 is 1. The summed E-state index contributed by atoms with van der Waals surface area (Å²) in [4.78, 5) is 13.3. The fourth-order valence-electron chi connectivity index (χ4n) is 2.28. The van der Waals surface area contributed by atoms with Crippen molar-refractivity contribution in [3.8, 4) is 5.75 Å². The van der Waals surface area contributed by atoms with Crippen molar-refractivity contribution >= 4 is 11.8 Å². The summed E-state index contributed by atoms with van der Waals surface area (Å²) < 4.78 is 4.58. The monoisotopic (exact) mass is 265 g/mol. The van der Waals surface area contributed by atoms with Gasteiger partial charge in [-0.05, 0) is 24.1 Å². The number of nitrogens with two attached hydrogens (primary N) is 1. The number of aromatic hydroxyl groups is 1. The minimum atomic E-state index is -0.388. The Labute approximate surface area is 112 Å². The van der Waals surface area contributed by atoms with Crippen LogP contribution < -0.4 is 11.1 Å². The number of nitrogen functional groups attached to an aromatic ring is 1. The fourth-order valence-corrected chi connectivity index (χ4v) is 2.28. The number of phenolic OH excluding ortho intramolecular Hbond substituents is 1. The number of nitrogens with one attached hydrogen (secondary N) is 1. The summed E-state index contributed by atoms with van der Waals surface area (Å²) in [6.07, 6.45) is 0.517. The molecule has 1 aromatic carbocycles. The highest BCUT2D eigenvalue weighted by molar-refractivity contribution is 5.67. The maximum Gasteiger partial charge on any atom is 0.407 e. The molecule has 1 amide bonds. The maximum atomic E-state index is 11.1. The molecule has 1 aliphatic heterocycles. The van der Waals surface area contributed by atoms with Gasteiger partial charge in [-0.25, -0.2) is 4.79 Å². The quantitative estimate of drug-likeness (QED) is 0.558. The van der Waals surface area contributed by atoms with E-state index in [1.54, 1.807) is 12.1 Å². The Morgan fingerprint density at radius 3 is 3.11 bits per heavy atom. The normalized spacial score (nSPS) is 19.3. The van der Waals surface area contributed by atoms with Crippen LogP contribution >= 0.6 is 0 Å². The van der Waals surface area contributed by atoms with Gasteiger partial charge in [0.2, 0.25) is 0 Å². The molecule has 1 heterocycles. The second-order valence-corrected chi connectivity index (χ2v) is 4.75. The van der Waals surface area contributed by atoms with Crippen LogP contribution in [0.2, 0.25) is 0 Å². The molecule has 1 saturated heterocycles. The first-order valence-electron chi connectivity index (χ1n) is 6.22. The van der Waals surface area contributed by atoms with Crippen LogP contribution in [0.3, 0.4) is 0 Å². The van der Waals surface area contributed by atoms with E-state index in [0.29, 0.717) is 5.69 Å². The first-order valence-corrected chi connectivity index (χ1v) is 6.22. The third kappa shape index (κ3) is 3.51. The van der Waals surface area contributed by atoms with Crippen molar-refractivity contribution < 1.29 is 14.6 Å². The van der Waals surface area contributed by atoms with Crippen molar-refractivity contribution in [2.45, 2.75) is 19.0 Å². The fraction of sp³-hybridized carbons (Fsp3) is 0.462. The van der Waals surface area contributed by atoms with Crippen LogP contribution in [0.15, 0.2) is 18.2 Å². The lowest BCUT2D eigenvalue weighted by Crippen LogP contribution is -2.36. The molecular weight excluding hydrogens is 246 g/mol. The summed E-state index contributed by atoms with van der Waals surface area (Å²) in [7, 11) is 1.36. The van der Waals surface area contributed by atoms with Crippen LogP contribution in [-0.4, -0.2) is 42.3 Å². The summed E-state index contributed by atoms with van der Waals surface area (Å²) in [6, 6.07) is 5.36. The van der Waals surface area contributed by atoms with Gasteiger partial charge in [0.15, 0.2) is 0 Å². The van der Waals surface area contributed by atoms with Crippen LogP contribution in [0, 0.1) is 0 Å². The molecule has 0 bridgehead atoms. The molecule has 4 N–H and O–H groups in total. The number of rotatable bonds is 3. The zero-order valence-electron chi connectivity index (χ0n) is 10.9. The zero-order valence-corrected chi connectivity index (χ0v) is 10.9. The first-order chi connectivity index (χ1) is 9.08. The number of benzene rings is 1. The van der Waals surface area contributed by atoms with Crippen molar-refractivity contribution in [1.29, 1.82) is 0 Å². The number of amides is 1. The van der Waals surface area contributed by atoms with E-state index in [0.717, 1.165) is 31.6 Å². The molecule has 0 radical (unpaired) electrons. The number of nitrogens with zero attached hydrogens (tertiary/aromatic N) is 1. The van der Waals surface area contributed by atoms with Crippen LogP contribution in [0.1, 0.15) is 12.0 Å². The predicted octanol–water partition coefficient (Wildman–Crippen LogP) is 0.905. The average Bonchev–Trinajstić information content (AvgIpc) is 2.81. The highest BCUT2D eigenvalue weighted by Gasteiger charge is 2.24. The van der Waals surface area contributed by atoms with Crippen molar-refractivity contribution in [2.24, 2.45) is 0 Å². The number of carbonyl (C=O) groups excluding carboxylic acids is 1. The Bertz CT molecular complexity index is 464. The average molecular weight is 265 g/mol. The molecule has 0 saturated carbocycles. The molecule has 1 unspecified atom stereocenters. The minimum Gasteiger partial charge on any atom is -0.506 e. The van der Waals surface area contributed by atoms with E-state index in [4.69, 9.17) is 5.73 Å². The van der Waals surface area contributed by atoms with Crippen molar-refractivity contribution in [3.05, 3.63) is 23.8 Å². The van der Waals surface area contributed by atoms with Crippen molar-refractivity contribution in [3.63, 3.8) is 0 Å². The lowest BCUT2D eigenvalue weighted by atomic mass is 10.2. The number of alkyl carbamates (subject to hydrolysis) is 1. The molecule has 0 aromatic heterocycles. The standard InChI is InChI=1S/C13H19N3O3/c1-19-13(18)15-10-4-5-16(8-10)7-9-2-3-12(17)11(14)6-9/h2-3,6,10,17H,4-5,7-8,14H2,1H3,(H,15,18). The molecule has 104 valence electrons. The van der Waals surface area contributed by atoms with Gasteiger partial charge in [-0.2, -0.15) is 0 Å². The number of likely N-dealkylation sites (tertiary alicyclic amines) is 1. The summed E-state index contributed by atoms with van der Waals surface area (Å²) >= 11 is 0. The Morgan fingerprint density at radius 2 is 2.42 bits per heavy atom. The van der Waals surface area contributed by atoms with Gasteiger partial charge in [0, 0.05) is 25.7 Å². The van der Waals surface area contributed by atoms with Gasteiger partial charge < -0.3 is 20.9 Å². The lowest BCUT2D eigenvalue weighted by Gasteiger charge is -2.16. The molecule has 1 aromatic rings. The van der Waals surface area contributed by atoms with E-state index in [-0.39, 0.29) is 17.9 Å². The van der Waals surface area contributed by atoms with Gasteiger partial charge in [0.1, 0.15) is 5.75 Å². The zero-order chi connectivity index (χ0) is 13.8. The third-order valence-electron chi connectivity index (χ3n) is 3.28. The van der Waals surface area contributed by atoms with Crippen LogP contribution in [-0.2, 0) is 11.3 Å². The van der Waals surface area contributed by atoms with E-state index in [1.165, 1.54) is 7.11 Å². The molecule has 6 heteroatoms. The van der Waals surface area contributed by atoms with Gasteiger partial charge in [-0.1, -0.05) is 6.07 Å². The second-order valence-electron chi connectivity index (χ2n) is 4.75. The Kier molecular flexibility index (Phi) is 4.11. The van der Waals surface area contributed by atoms with Gasteiger partial charge in [0.05, 0.1) is 12.8 Å². The lowest BCUT2D eigenvalue weighted by molar-refractivity contribution is 0.166. The Balaban J connectivity index is 1.87. The molecular formula is C13H19N3O3. The van der Waals surface area contributed by atoms with E-state index >= 15 is 0 Å². The number of hydrogen-bond donors (Lipinski definition) is 3. The topological polar surface area (TPSA) is 87.8 Å². The van der Waals surface area contributed by atoms with E-state index in [1.807, 2.05) is 6.07 Å². The van der Waals surface area contributed by atoms with Crippen molar-refractivity contribution in [1.82, 2.24) is 10.2 Å². The number of phenols is 1. The Hall–Kier alpha value is -1.95. The number of hydrogen-bond acceptors (Lipinski definition) is 5. The van der Waals surface area contributed by atoms with E-state index in [9.17, 15) is 9.90 Å². The first kappa shape index (κ1) is 13.5. The number of ether oxygens (including phenoxy) is 1. The summed E-state index contributed by atoms with van der Waals surface area (Å²) in [5.41, 5.74) is 7.10. The summed E-state index contributed by atoms with van der Waals surface area (Å²) in [5.74, 6) is 0.107. The molecule has 19 heavy (non-hydrogen) atoms. The van der Waals surface area contributed by atoms with Gasteiger partial charge in [-0.3, -0.25) is 4.90 Å².